The minimum absolute atomic E-state index is 0.631. The van der Waals surface area contributed by atoms with E-state index in [1.54, 1.807) is 21.1 Å². The van der Waals surface area contributed by atoms with Crippen LogP contribution in [0.15, 0.2) is 42.5 Å². The summed E-state index contributed by atoms with van der Waals surface area (Å²) >= 11 is 0. The van der Waals surface area contributed by atoms with Gasteiger partial charge in [-0.3, -0.25) is 0 Å². The van der Waals surface area contributed by atoms with Gasteiger partial charge in [0, 0.05) is 12.6 Å². The van der Waals surface area contributed by atoms with Gasteiger partial charge in [-0.2, -0.15) is 0 Å². The van der Waals surface area contributed by atoms with Gasteiger partial charge in [0.2, 0.25) is 0 Å². The van der Waals surface area contributed by atoms with E-state index in [0.717, 1.165) is 22.7 Å². The van der Waals surface area contributed by atoms with Crippen LogP contribution in [0.2, 0.25) is 0 Å². The van der Waals surface area contributed by atoms with Gasteiger partial charge in [-0.05, 0) is 31.2 Å². The van der Waals surface area contributed by atoms with Crippen LogP contribution < -0.4 is 14.4 Å². The minimum atomic E-state index is -0.631. The molecule has 0 aliphatic carbocycles. The number of benzene rings is 2. The molecule has 0 bridgehead atoms. The van der Waals surface area contributed by atoms with Crippen LogP contribution in [-0.2, 0) is 0 Å². The zero-order valence-electron chi connectivity index (χ0n) is 12.8. The van der Waals surface area contributed by atoms with Crippen molar-refractivity contribution in [2.45, 2.75) is 13.0 Å². The van der Waals surface area contributed by atoms with Gasteiger partial charge in [-0.25, -0.2) is 0 Å². The molecule has 4 heteroatoms. The number of nitrogens with zero attached hydrogens (tertiary/aromatic N) is 1. The summed E-state index contributed by atoms with van der Waals surface area (Å²) in [4.78, 5) is 1.99. The second-order valence-electron chi connectivity index (χ2n) is 4.80. The smallest absolute Gasteiger partial charge is 0.142 e. The first-order valence-electron chi connectivity index (χ1n) is 6.81. The van der Waals surface area contributed by atoms with E-state index >= 15 is 0 Å². The lowest BCUT2D eigenvalue weighted by molar-refractivity contribution is 0.195. The molecule has 0 aliphatic rings. The van der Waals surface area contributed by atoms with Gasteiger partial charge in [0.15, 0.2) is 0 Å². The highest BCUT2D eigenvalue weighted by molar-refractivity contribution is 5.72. The number of aliphatic hydroxyl groups excluding tert-OH is 1. The molecule has 2 aromatic carbocycles. The van der Waals surface area contributed by atoms with Crippen molar-refractivity contribution in [3.8, 4) is 11.5 Å². The van der Waals surface area contributed by atoms with Crippen LogP contribution in [0.3, 0.4) is 0 Å². The first-order valence-corrected chi connectivity index (χ1v) is 6.81. The first-order chi connectivity index (χ1) is 10.1. The van der Waals surface area contributed by atoms with E-state index in [0.29, 0.717) is 5.75 Å². The van der Waals surface area contributed by atoms with Crippen LogP contribution in [0, 0.1) is 0 Å². The van der Waals surface area contributed by atoms with Crippen molar-refractivity contribution in [2.24, 2.45) is 0 Å². The molecule has 0 spiro atoms. The summed E-state index contributed by atoms with van der Waals surface area (Å²) in [5.74, 6) is 1.45. The predicted octanol–water partition coefficient (Wildman–Crippen LogP) is 3.53. The Morgan fingerprint density at radius 2 is 1.48 bits per heavy atom. The molecule has 4 nitrogen and oxygen atoms in total. The standard InChI is InChI=1S/C17H21NO3/c1-12(19)17-14(9-7-11-16(17)21-4)18(2)13-8-5-6-10-15(13)20-3/h5-12,19H,1-4H3/t12-/m0/s1. The van der Waals surface area contributed by atoms with Crippen LogP contribution in [0.4, 0.5) is 11.4 Å². The topological polar surface area (TPSA) is 41.9 Å². The molecule has 1 N–H and O–H groups in total. The average Bonchev–Trinajstić information content (AvgIpc) is 2.53. The Labute approximate surface area is 125 Å². The Kier molecular flexibility index (Phi) is 4.70. The molecule has 0 amide bonds. The highest BCUT2D eigenvalue weighted by Gasteiger charge is 2.19. The number of methoxy groups -OCH3 is 2. The van der Waals surface area contributed by atoms with Gasteiger partial charge < -0.3 is 19.5 Å². The zero-order chi connectivity index (χ0) is 15.4. The maximum absolute atomic E-state index is 10.1. The summed E-state index contributed by atoms with van der Waals surface area (Å²) < 4.78 is 10.8. The molecule has 21 heavy (non-hydrogen) atoms. The molecule has 112 valence electrons. The molecule has 2 rings (SSSR count). The number of aliphatic hydroxyl groups is 1. The second kappa shape index (κ2) is 6.50. The third-order valence-corrected chi connectivity index (χ3v) is 3.49. The van der Waals surface area contributed by atoms with Gasteiger partial charge in [0.1, 0.15) is 11.5 Å². The zero-order valence-corrected chi connectivity index (χ0v) is 12.8. The van der Waals surface area contributed by atoms with Gasteiger partial charge in [-0.1, -0.05) is 18.2 Å². The maximum atomic E-state index is 10.1. The summed E-state index contributed by atoms with van der Waals surface area (Å²) in [6.07, 6.45) is -0.631. The van der Waals surface area contributed by atoms with Crippen molar-refractivity contribution in [3.63, 3.8) is 0 Å². The minimum Gasteiger partial charge on any atom is -0.496 e. The maximum Gasteiger partial charge on any atom is 0.142 e. The monoisotopic (exact) mass is 287 g/mol. The Hall–Kier alpha value is -2.20. The second-order valence-corrected chi connectivity index (χ2v) is 4.80. The lowest BCUT2D eigenvalue weighted by Gasteiger charge is -2.26. The van der Waals surface area contributed by atoms with E-state index in [1.807, 2.05) is 54.4 Å². The molecule has 0 heterocycles. The van der Waals surface area contributed by atoms with Crippen LogP contribution in [0.1, 0.15) is 18.6 Å². The molecule has 0 fully saturated rings. The van der Waals surface area contributed by atoms with Crippen molar-refractivity contribution in [1.29, 1.82) is 0 Å². The van der Waals surface area contributed by atoms with Crippen LogP contribution in [-0.4, -0.2) is 26.4 Å². The van der Waals surface area contributed by atoms with Crippen LogP contribution >= 0.6 is 0 Å². The van der Waals surface area contributed by atoms with Crippen molar-refractivity contribution in [3.05, 3.63) is 48.0 Å². The van der Waals surface area contributed by atoms with Crippen molar-refractivity contribution in [1.82, 2.24) is 0 Å². The molecule has 0 radical (unpaired) electrons. The number of hydrogen-bond acceptors (Lipinski definition) is 4. The largest absolute Gasteiger partial charge is 0.496 e. The summed E-state index contributed by atoms with van der Waals surface area (Å²) in [6, 6.07) is 13.5. The van der Waals surface area contributed by atoms with Gasteiger partial charge in [0.25, 0.3) is 0 Å². The van der Waals surface area contributed by atoms with E-state index in [-0.39, 0.29) is 0 Å². The SMILES string of the molecule is COc1ccccc1N(C)c1cccc(OC)c1[C@H](C)O. The van der Waals surface area contributed by atoms with Gasteiger partial charge in [-0.15, -0.1) is 0 Å². The van der Waals surface area contributed by atoms with Crippen molar-refractivity contribution >= 4 is 11.4 Å². The third kappa shape index (κ3) is 2.95. The first kappa shape index (κ1) is 15.2. The molecule has 1 atom stereocenters. The summed E-state index contributed by atoms with van der Waals surface area (Å²) in [7, 11) is 5.19. The van der Waals surface area contributed by atoms with E-state index in [2.05, 4.69) is 0 Å². The normalized spacial score (nSPS) is 11.9. The molecule has 0 unspecified atom stereocenters. The lowest BCUT2D eigenvalue weighted by atomic mass is 10.1. The molecule has 0 aromatic heterocycles. The fourth-order valence-corrected chi connectivity index (χ4v) is 2.46. The number of hydrogen-bond donors (Lipinski definition) is 1. The van der Waals surface area contributed by atoms with Crippen LogP contribution in [0.5, 0.6) is 11.5 Å². The Balaban J connectivity index is 2.55. The van der Waals surface area contributed by atoms with E-state index in [4.69, 9.17) is 9.47 Å². The van der Waals surface area contributed by atoms with Crippen molar-refractivity contribution in [2.75, 3.05) is 26.2 Å². The molecular formula is C17H21NO3. The van der Waals surface area contributed by atoms with Gasteiger partial charge in [0.05, 0.1) is 31.7 Å². The van der Waals surface area contributed by atoms with Crippen molar-refractivity contribution < 1.29 is 14.6 Å². The third-order valence-electron chi connectivity index (χ3n) is 3.49. The molecule has 2 aromatic rings. The number of anilines is 2. The van der Waals surface area contributed by atoms with E-state index in [1.165, 1.54) is 0 Å². The quantitative estimate of drug-likeness (QED) is 0.913. The number of ether oxygens (including phenoxy) is 2. The van der Waals surface area contributed by atoms with Gasteiger partial charge >= 0.3 is 0 Å². The molecule has 0 aliphatic heterocycles. The molecule has 0 saturated carbocycles. The summed E-state index contributed by atoms with van der Waals surface area (Å²) in [5.41, 5.74) is 2.57. The van der Waals surface area contributed by atoms with E-state index in [9.17, 15) is 5.11 Å². The summed E-state index contributed by atoms with van der Waals surface area (Å²) in [6.45, 7) is 1.73. The summed E-state index contributed by atoms with van der Waals surface area (Å²) in [5, 5.41) is 10.1. The predicted molar refractivity (Wildman–Crippen MR) is 84.7 cm³/mol. The number of rotatable bonds is 5. The molecular weight excluding hydrogens is 266 g/mol. The Morgan fingerprint density at radius 1 is 0.905 bits per heavy atom. The Bertz CT molecular complexity index is 611. The fourth-order valence-electron chi connectivity index (χ4n) is 2.46. The number of para-hydroxylation sites is 2. The van der Waals surface area contributed by atoms with Crippen LogP contribution in [0.25, 0.3) is 0 Å². The fraction of sp³-hybridized carbons (Fsp3) is 0.294. The highest BCUT2D eigenvalue weighted by atomic mass is 16.5. The van der Waals surface area contributed by atoms with E-state index < -0.39 is 6.10 Å². The molecule has 0 saturated heterocycles. The Morgan fingerprint density at radius 3 is 2.10 bits per heavy atom. The highest BCUT2D eigenvalue weighted by Crippen LogP contribution is 2.39. The average molecular weight is 287 g/mol. The lowest BCUT2D eigenvalue weighted by Crippen LogP contribution is -2.14.